The molecule has 1 aliphatic heterocycles. The van der Waals surface area contributed by atoms with Gasteiger partial charge >= 0.3 is 6.09 Å². The zero-order valence-corrected chi connectivity index (χ0v) is 10.9. The second kappa shape index (κ2) is 5.40. The van der Waals surface area contributed by atoms with Gasteiger partial charge in [0.15, 0.2) is 0 Å². The number of imide groups is 1. The predicted molar refractivity (Wildman–Crippen MR) is 68.9 cm³/mol. The number of carbonyl (C=O) groups excluding carboxylic acids is 2. The Labute approximate surface area is 110 Å². The van der Waals surface area contributed by atoms with Crippen LogP contribution in [0.3, 0.4) is 0 Å². The van der Waals surface area contributed by atoms with Gasteiger partial charge in [-0.25, -0.2) is 9.69 Å². The van der Waals surface area contributed by atoms with Crippen LogP contribution in [-0.2, 0) is 16.0 Å². The highest BCUT2D eigenvalue weighted by Crippen LogP contribution is 2.31. The SMILES string of the molecule is CCCCOC(=O)N1C(=O)Cc2cc(Cl)ccc21. The summed E-state index contributed by atoms with van der Waals surface area (Å²) in [6.45, 7) is 2.34. The average molecular weight is 268 g/mol. The number of amides is 2. The Bertz CT molecular complexity index is 487. The number of unbranched alkanes of at least 4 members (excludes halogenated alkanes) is 1. The second-order valence-corrected chi connectivity index (χ2v) is 4.58. The van der Waals surface area contributed by atoms with Crippen molar-refractivity contribution < 1.29 is 14.3 Å². The van der Waals surface area contributed by atoms with Gasteiger partial charge in [0, 0.05) is 5.02 Å². The molecule has 0 radical (unpaired) electrons. The van der Waals surface area contributed by atoms with Gasteiger partial charge in [0.05, 0.1) is 18.7 Å². The summed E-state index contributed by atoms with van der Waals surface area (Å²) in [5.41, 5.74) is 1.34. The lowest BCUT2D eigenvalue weighted by Gasteiger charge is -2.15. The van der Waals surface area contributed by atoms with Gasteiger partial charge in [-0.15, -0.1) is 0 Å². The molecule has 0 saturated carbocycles. The van der Waals surface area contributed by atoms with Crippen LogP contribution in [0, 0.1) is 0 Å². The minimum absolute atomic E-state index is 0.193. The second-order valence-electron chi connectivity index (χ2n) is 4.15. The number of benzene rings is 1. The number of halogens is 1. The summed E-state index contributed by atoms with van der Waals surface area (Å²) in [5, 5.41) is 0.558. The molecule has 1 aromatic rings. The van der Waals surface area contributed by atoms with E-state index in [0.29, 0.717) is 17.3 Å². The van der Waals surface area contributed by atoms with Crippen molar-refractivity contribution in [3.8, 4) is 0 Å². The van der Waals surface area contributed by atoms with E-state index in [1.165, 1.54) is 0 Å². The van der Waals surface area contributed by atoms with Gasteiger partial charge in [0.1, 0.15) is 0 Å². The van der Waals surface area contributed by atoms with Crippen molar-refractivity contribution in [1.82, 2.24) is 0 Å². The standard InChI is InChI=1S/C13H14ClNO3/c1-2-3-6-18-13(17)15-11-5-4-10(14)7-9(11)8-12(15)16/h4-5,7H,2-3,6,8H2,1H3. The number of hydrogen-bond acceptors (Lipinski definition) is 3. The molecule has 5 heteroatoms. The molecule has 96 valence electrons. The van der Waals surface area contributed by atoms with Crippen LogP contribution in [0.1, 0.15) is 25.3 Å². The van der Waals surface area contributed by atoms with Crippen molar-refractivity contribution in [3.63, 3.8) is 0 Å². The fourth-order valence-corrected chi connectivity index (χ4v) is 2.05. The molecule has 0 atom stereocenters. The van der Waals surface area contributed by atoms with Crippen molar-refractivity contribution in [2.45, 2.75) is 26.2 Å². The largest absolute Gasteiger partial charge is 0.449 e. The summed E-state index contributed by atoms with van der Waals surface area (Å²) in [6, 6.07) is 5.03. The Morgan fingerprint density at radius 3 is 3.00 bits per heavy atom. The number of nitrogens with zero attached hydrogens (tertiary/aromatic N) is 1. The highest BCUT2D eigenvalue weighted by Gasteiger charge is 2.33. The third-order valence-electron chi connectivity index (χ3n) is 2.78. The predicted octanol–water partition coefficient (Wildman–Crippen LogP) is 3.17. The van der Waals surface area contributed by atoms with Gasteiger partial charge in [-0.3, -0.25) is 4.79 Å². The lowest BCUT2D eigenvalue weighted by atomic mass is 10.2. The molecule has 1 heterocycles. The van der Waals surface area contributed by atoms with E-state index in [1.807, 2.05) is 6.92 Å². The Morgan fingerprint density at radius 1 is 1.50 bits per heavy atom. The summed E-state index contributed by atoms with van der Waals surface area (Å²) in [6.07, 6.45) is 1.32. The van der Waals surface area contributed by atoms with E-state index in [2.05, 4.69) is 0 Å². The molecule has 0 saturated heterocycles. The number of ether oxygens (including phenoxy) is 1. The van der Waals surface area contributed by atoms with Gasteiger partial charge < -0.3 is 4.74 Å². The van der Waals surface area contributed by atoms with Gasteiger partial charge in [-0.05, 0) is 30.2 Å². The zero-order valence-electron chi connectivity index (χ0n) is 10.1. The lowest BCUT2D eigenvalue weighted by Crippen LogP contribution is -2.34. The van der Waals surface area contributed by atoms with E-state index in [-0.39, 0.29) is 12.3 Å². The summed E-state index contributed by atoms with van der Waals surface area (Å²) in [4.78, 5) is 24.7. The molecule has 4 nitrogen and oxygen atoms in total. The average Bonchev–Trinajstić information content (AvgIpc) is 2.64. The van der Waals surface area contributed by atoms with Crippen LogP contribution in [-0.4, -0.2) is 18.6 Å². The molecule has 0 bridgehead atoms. The molecule has 0 N–H and O–H groups in total. The van der Waals surface area contributed by atoms with Crippen LogP contribution in [0.4, 0.5) is 10.5 Å². The molecule has 2 rings (SSSR count). The fraction of sp³-hybridized carbons (Fsp3) is 0.385. The number of hydrogen-bond donors (Lipinski definition) is 0. The van der Waals surface area contributed by atoms with Crippen molar-refractivity contribution in [1.29, 1.82) is 0 Å². The molecule has 0 fully saturated rings. The Hall–Kier alpha value is -1.55. The minimum atomic E-state index is -0.602. The Kier molecular flexibility index (Phi) is 3.87. The quantitative estimate of drug-likeness (QED) is 0.790. The van der Waals surface area contributed by atoms with Crippen LogP contribution in [0.15, 0.2) is 18.2 Å². The first-order valence-corrected chi connectivity index (χ1v) is 6.29. The van der Waals surface area contributed by atoms with Crippen molar-refractivity contribution in [3.05, 3.63) is 28.8 Å². The molecule has 1 aromatic carbocycles. The maximum atomic E-state index is 11.8. The van der Waals surface area contributed by atoms with E-state index in [4.69, 9.17) is 16.3 Å². The summed E-state index contributed by atoms with van der Waals surface area (Å²) < 4.78 is 5.06. The van der Waals surface area contributed by atoms with Crippen molar-refractivity contribution in [2.75, 3.05) is 11.5 Å². The number of fused-ring (bicyclic) bond motifs is 1. The molecule has 0 spiro atoms. The normalized spacial score (nSPS) is 13.7. The van der Waals surface area contributed by atoms with Crippen LogP contribution >= 0.6 is 11.6 Å². The highest BCUT2D eigenvalue weighted by atomic mass is 35.5. The third-order valence-corrected chi connectivity index (χ3v) is 3.01. The van der Waals surface area contributed by atoms with Crippen molar-refractivity contribution >= 4 is 29.3 Å². The van der Waals surface area contributed by atoms with Gasteiger partial charge in [-0.2, -0.15) is 0 Å². The molecular formula is C13H14ClNO3. The molecular weight excluding hydrogens is 254 g/mol. The van der Waals surface area contributed by atoms with Crippen LogP contribution in [0.5, 0.6) is 0 Å². The van der Waals surface area contributed by atoms with Crippen LogP contribution in [0.2, 0.25) is 5.02 Å². The summed E-state index contributed by atoms with van der Waals surface area (Å²) in [5.74, 6) is -0.270. The van der Waals surface area contributed by atoms with E-state index in [1.54, 1.807) is 18.2 Å². The molecule has 0 aliphatic carbocycles. The number of anilines is 1. The first-order valence-electron chi connectivity index (χ1n) is 5.91. The summed E-state index contributed by atoms with van der Waals surface area (Å²) >= 11 is 5.85. The smallest absolute Gasteiger partial charge is 0.421 e. The maximum Gasteiger partial charge on any atom is 0.421 e. The van der Waals surface area contributed by atoms with Gasteiger partial charge in [-0.1, -0.05) is 24.9 Å². The lowest BCUT2D eigenvalue weighted by molar-refractivity contribution is -0.117. The molecule has 18 heavy (non-hydrogen) atoms. The van der Waals surface area contributed by atoms with Gasteiger partial charge in [0.2, 0.25) is 5.91 Å². The highest BCUT2D eigenvalue weighted by molar-refractivity contribution is 6.31. The Balaban J connectivity index is 2.15. The van der Waals surface area contributed by atoms with Crippen molar-refractivity contribution in [2.24, 2.45) is 0 Å². The topological polar surface area (TPSA) is 46.6 Å². The van der Waals surface area contributed by atoms with Gasteiger partial charge in [0.25, 0.3) is 0 Å². The van der Waals surface area contributed by atoms with E-state index in [0.717, 1.165) is 23.3 Å². The zero-order chi connectivity index (χ0) is 13.1. The number of carbonyl (C=O) groups is 2. The van der Waals surface area contributed by atoms with E-state index >= 15 is 0 Å². The molecule has 2 amide bonds. The van der Waals surface area contributed by atoms with Crippen LogP contribution < -0.4 is 4.90 Å². The first kappa shape index (κ1) is 12.9. The minimum Gasteiger partial charge on any atom is -0.449 e. The molecule has 1 aliphatic rings. The first-order chi connectivity index (χ1) is 8.63. The maximum absolute atomic E-state index is 11.8. The molecule has 0 aromatic heterocycles. The summed E-state index contributed by atoms with van der Waals surface area (Å²) in [7, 11) is 0. The Morgan fingerprint density at radius 2 is 2.28 bits per heavy atom. The van der Waals surface area contributed by atoms with Crippen LogP contribution in [0.25, 0.3) is 0 Å². The van der Waals surface area contributed by atoms with E-state index in [9.17, 15) is 9.59 Å². The monoisotopic (exact) mass is 267 g/mol. The van der Waals surface area contributed by atoms with E-state index < -0.39 is 6.09 Å². The molecule has 0 unspecified atom stereocenters. The number of rotatable bonds is 3. The fourth-order valence-electron chi connectivity index (χ4n) is 1.86. The third kappa shape index (κ3) is 2.48.